The lowest BCUT2D eigenvalue weighted by molar-refractivity contribution is 0.327. The van der Waals surface area contributed by atoms with Crippen LogP contribution in [0.5, 0.6) is 0 Å². The summed E-state index contributed by atoms with van der Waals surface area (Å²) in [5, 5.41) is 2.55. The second-order valence-electron chi connectivity index (χ2n) is 19.0. The van der Waals surface area contributed by atoms with Gasteiger partial charge in [0.15, 0.2) is 0 Å². The van der Waals surface area contributed by atoms with Gasteiger partial charge in [-0.05, 0) is 146 Å². The van der Waals surface area contributed by atoms with E-state index in [1.165, 1.54) is 120 Å². The van der Waals surface area contributed by atoms with Crippen LogP contribution in [0.25, 0.3) is 66.4 Å². The van der Waals surface area contributed by atoms with Gasteiger partial charge in [-0.2, -0.15) is 0 Å². The highest BCUT2D eigenvalue weighted by Crippen LogP contribution is 2.67. The van der Waals surface area contributed by atoms with Crippen LogP contribution in [0.1, 0.15) is 60.8 Å². The van der Waals surface area contributed by atoms with E-state index in [1.54, 1.807) is 5.56 Å². The Hall–Kier alpha value is -7.48. The summed E-state index contributed by atoms with van der Waals surface area (Å²) in [6.07, 6.45) is 12.3. The Balaban J connectivity index is 0.962. The van der Waals surface area contributed by atoms with Crippen molar-refractivity contribution in [2.24, 2.45) is 11.8 Å². The number of para-hydroxylation sites is 1. The molecule has 0 heterocycles. The molecule has 0 aromatic heterocycles. The zero-order valence-electron chi connectivity index (χ0n) is 37.2. The predicted molar refractivity (Wildman–Crippen MR) is 278 cm³/mol. The van der Waals surface area contributed by atoms with E-state index in [1.807, 2.05) is 0 Å². The summed E-state index contributed by atoms with van der Waals surface area (Å²) in [6, 6.07) is 79.5. The summed E-state index contributed by atoms with van der Waals surface area (Å²) < 4.78 is 0. The number of fused-ring (bicyclic) bond motifs is 9. The topological polar surface area (TPSA) is 3.24 Å². The maximum absolute atomic E-state index is 2.60. The lowest BCUT2D eigenvalue weighted by Crippen LogP contribution is -2.31. The van der Waals surface area contributed by atoms with E-state index < -0.39 is 0 Å². The third-order valence-electron chi connectivity index (χ3n) is 15.6. The first kappa shape index (κ1) is 38.9. The van der Waals surface area contributed by atoms with Gasteiger partial charge in [-0.1, -0.05) is 207 Å². The van der Waals surface area contributed by atoms with Crippen molar-refractivity contribution in [1.82, 2.24) is 0 Å². The van der Waals surface area contributed by atoms with Crippen LogP contribution in [0, 0.1) is 11.8 Å². The molecule has 9 aromatic rings. The maximum atomic E-state index is 2.60. The summed E-state index contributed by atoms with van der Waals surface area (Å²) in [5.74, 6) is 1.50. The van der Waals surface area contributed by atoms with Crippen LogP contribution in [0.3, 0.4) is 0 Å². The molecular formula is C65H51N. The molecule has 4 aliphatic carbocycles. The lowest BCUT2D eigenvalue weighted by Gasteiger charge is -2.37. The summed E-state index contributed by atoms with van der Waals surface area (Å²) in [4.78, 5) is 2.60. The molecule has 316 valence electrons. The van der Waals surface area contributed by atoms with Gasteiger partial charge in [0.25, 0.3) is 0 Å². The lowest BCUT2D eigenvalue weighted by atomic mass is 9.67. The van der Waals surface area contributed by atoms with Gasteiger partial charge in [-0.3, -0.25) is 0 Å². The van der Waals surface area contributed by atoms with E-state index in [2.05, 4.69) is 229 Å². The Morgan fingerprint density at radius 1 is 0.394 bits per heavy atom. The van der Waals surface area contributed by atoms with Gasteiger partial charge in [-0.25, -0.2) is 0 Å². The van der Waals surface area contributed by atoms with E-state index >= 15 is 0 Å². The van der Waals surface area contributed by atoms with Crippen molar-refractivity contribution >= 4 is 39.0 Å². The van der Waals surface area contributed by atoms with Gasteiger partial charge in [0.1, 0.15) is 0 Å². The number of nitrogens with zero attached hydrogens (tertiary/aromatic N) is 1. The largest absolute Gasteiger partial charge is 0.309 e. The molecule has 0 saturated heterocycles. The van der Waals surface area contributed by atoms with Crippen LogP contribution in [0.15, 0.2) is 224 Å². The second kappa shape index (κ2) is 15.9. The number of rotatable bonds is 8. The molecule has 1 heteroatoms. The van der Waals surface area contributed by atoms with Crippen molar-refractivity contribution in [2.45, 2.75) is 43.9 Å². The molecule has 1 nitrogen and oxygen atoms in total. The molecule has 1 spiro atoms. The molecule has 3 unspecified atom stereocenters. The van der Waals surface area contributed by atoms with Crippen LogP contribution >= 0.6 is 0 Å². The van der Waals surface area contributed by atoms with E-state index in [0.29, 0.717) is 5.92 Å². The third-order valence-corrected chi connectivity index (χ3v) is 15.6. The summed E-state index contributed by atoms with van der Waals surface area (Å²) in [7, 11) is 0. The van der Waals surface area contributed by atoms with Crippen LogP contribution in [-0.4, -0.2) is 0 Å². The Labute approximate surface area is 389 Å². The minimum atomic E-state index is 0.0844. The van der Waals surface area contributed by atoms with E-state index in [-0.39, 0.29) is 5.41 Å². The molecule has 0 radical (unpaired) electrons. The second-order valence-corrected chi connectivity index (χ2v) is 19.0. The monoisotopic (exact) mass is 845 g/mol. The zero-order chi connectivity index (χ0) is 43.6. The number of hydrogen-bond acceptors (Lipinski definition) is 1. The van der Waals surface area contributed by atoms with Crippen molar-refractivity contribution < 1.29 is 0 Å². The van der Waals surface area contributed by atoms with Crippen LogP contribution in [0.4, 0.5) is 17.1 Å². The molecule has 2 saturated carbocycles. The summed E-state index contributed by atoms with van der Waals surface area (Å²) >= 11 is 0. The van der Waals surface area contributed by atoms with Crippen molar-refractivity contribution in [3.8, 4) is 44.5 Å². The number of hydrogen-bond donors (Lipinski definition) is 0. The minimum Gasteiger partial charge on any atom is -0.309 e. The first-order chi connectivity index (χ1) is 32.7. The summed E-state index contributed by atoms with van der Waals surface area (Å²) in [5.41, 5.74) is 22.2. The van der Waals surface area contributed by atoms with Gasteiger partial charge in [0.05, 0.1) is 11.4 Å². The highest BCUT2D eigenvalue weighted by atomic mass is 15.1. The Kier molecular flexibility index (Phi) is 9.38. The van der Waals surface area contributed by atoms with Crippen LogP contribution in [0.2, 0.25) is 0 Å². The fourth-order valence-electron chi connectivity index (χ4n) is 12.8. The average molecular weight is 846 g/mol. The number of benzene rings is 9. The number of anilines is 3. The molecule has 9 aromatic carbocycles. The van der Waals surface area contributed by atoms with Crippen molar-refractivity contribution in [2.75, 3.05) is 4.90 Å². The van der Waals surface area contributed by atoms with Gasteiger partial charge in [-0.15, -0.1) is 0 Å². The average Bonchev–Trinajstić information content (AvgIpc) is 4.10. The standard InChI is InChI=1S/C65H51N/c1-2-16-47(17-3-1)54-21-6-7-22-55(54)56-23-8-9-24-57(56)58-25-11-13-30-62(58)66(63-31-15-29-61-64(63)59-26-10-12-28-60(59)65(61)43-44-32-39-50(65)42-44)51-40-37-46(38-41-51)45-33-35-49(36-34-45)53-27-14-19-48-18-4-5-20-52(48)53/h1-7,10-31,33-38,40-41,44,50H,8-9,32,39,42-43H2. The fourth-order valence-corrected chi connectivity index (χ4v) is 12.8. The SMILES string of the molecule is C1=C(c2ccccc2-c2ccccc2)C(c2ccccc2N(c2ccc(-c3ccc(-c4cccc5ccccc45)cc3)cc2)c2cccc3c2-c2ccccc2C32CC3CCC2C3)=CCC1. The molecule has 66 heavy (non-hydrogen) atoms. The van der Waals surface area contributed by atoms with Crippen LogP contribution < -0.4 is 4.90 Å². The first-order valence-electron chi connectivity index (χ1n) is 24.1. The fraction of sp³-hybridized carbons (Fsp3) is 0.138. The molecule has 4 aliphatic rings. The van der Waals surface area contributed by atoms with Crippen molar-refractivity contribution in [3.63, 3.8) is 0 Å². The highest BCUT2D eigenvalue weighted by Gasteiger charge is 2.57. The van der Waals surface area contributed by atoms with Crippen molar-refractivity contribution in [3.05, 3.63) is 247 Å². The van der Waals surface area contributed by atoms with Crippen LogP contribution in [-0.2, 0) is 5.41 Å². The third kappa shape index (κ3) is 6.21. The zero-order valence-corrected chi connectivity index (χ0v) is 37.2. The molecule has 2 fully saturated rings. The minimum absolute atomic E-state index is 0.0844. The summed E-state index contributed by atoms with van der Waals surface area (Å²) in [6.45, 7) is 0. The molecule has 2 bridgehead atoms. The quantitative estimate of drug-likeness (QED) is 0.147. The number of allylic oxidation sites excluding steroid dienone is 4. The van der Waals surface area contributed by atoms with Gasteiger partial charge in [0.2, 0.25) is 0 Å². The van der Waals surface area contributed by atoms with Gasteiger partial charge in [0, 0.05) is 22.2 Å². The smallest absolute Gasteiger partial charge is 0.0543 e. The molecule has 0 aliphatic heterocycles. The highest BCUT2D eigenvalue weighted by molar-refractivity contribution is 6.11. The Morgan fingerprint density at radius 2 is 0.955 bits per heavy atom. The van der Waals surface area contributed by atoms with Crippen molar-refractivity contribution in [1.29, 1.82) is 0 Å². The predicted octanol–water partition coefficient (Wildman–Crippen LogP) is 17.7. The van der Waals surface area contributed by atoms with Gasteiger partial charge < -0.3 is 4.90 Å². The molecule has 0 amide bonds. The Bertz CT molecular complexity index is 3370. The molecule has 13 rings (SSSR count). The maximum Gasteiger partial charge on any atom is 0.0543 e. The molecule has 0 N–H and O–H groups in total. The van der Waals surface area contributed by atoms with Gasteiger partial charge >= 0.3 is 0 Å². The van der Waals surface area contributed by atoms with E-state index in [9.17, 15) is 0 Å². The first-order valence-corrected chi connectivity index (χ1v) is 24.1. The van der Waals surface area contributed by atoms with E-state index in [0.717, 1.165) is 24.4 Å². The normalized spacial score (nSPS) is 19.1. The Morgan fingerprint density at radius 3 is 1.73 bits per heavy atom. The molecule has 3 atom stereocenters. The van der Waals surface area contributed by atoms with E-state index in [4.69, 9.17) is 0 Å². The molecular weight excluding hydrogens is 795 g/mol.